The van der Waals surface area contributed by atoms with Gasteiger partial charge in [0.1, 0.15) is 6.61 Å². The topological polar surface area (TPSA) is 30.5 Å². The number of rotatable bonds is 7. The van der Waals surface area contributed by atoms with E-state index in [1.54, 1.807) is 0 Å². The van der Waals surface area contributed by atoms with Crippen molar-refractivity contribution in [2.24, 2.45) is 0 Å². The molecule has 0 bridgehead atoms. The van der Waals surface area contributed by atoms with Crippen LogP contribution in [0.15, 0.2) is 29.3 Å². The lowest BCUT2D eigenvalue weighted by molar-refractivity contribution is 0.295. The highest BCUT2D eigenvalue weighted by Gasteiger charge is 2.06. The Hall–Kier alpha value is -1.00. The van der Waals surface area contributed by atoms with E-state index in [2.05, 4.69) is 27.8 Å². The van der Waals surface area contributed by atoms with Crippen molar-refractivity contribution in [2.75, 3.05) is 20.3 Å². The van der Waals surface area contributed by atoms with Crippen LogP contribution < -0.4 is 14.8 Å². The standard InChI is InChI=1S/C13H18BrNO2/c1-4-16-13-7-11(8-15-3)5-6-12(13)17-9-10(2)14/h5-7,15H,2,4,8-9H2,1,3H3. The lowest BCUT2D eigenvalue weighted by Gasteiger charge is -2.13. The Kier molecular flexibility index (Phi) is 6.08. The summed E-state index contributed by atoms with van der Waals surface area (Å²) in [6.45, 7) is 7.56. The smallest absolute Gasteiger partial charge is 0.161 e. The van der Waals surface area contributed by atoms with E-state index in [0.29, 0.717) is 13.2 Å². The van der Waals surface area contributed by atoms with E-state index in [9.17, 15) is 0 Å². The molecule has 1 N–H and O–H groups in total. The summed E-state index contributed by atoms with van der Waals surface area (Å²) in [4.78, 5) is 0. The van der Waals surface area contributed by atoms with Gasteiger partial charge in [0.05, 0.1) is 6.61 Å². The Bertz CT molecular complexity index is 380. The fraction of sp³-hybridized carbons (Fsp3) is 0.385. The molecular weight excluding hydrogens is 282 g/mol. The monoisotopic (exact) mass is 299 g/mol. The average Bonchev–Trinajstić information content (AvgIpc) is 2.28. The normalized spacial score (nSPS) is 10.1. The number of halogens is 1. The third-order valence-electron chi connectivity index (χ3n) is 2.07. The first kappa shape index (κ1) is 14.1. The van der Waals surface area contributed by atoms with Crippen LogP contribution in [0.25, 0.3) is 0 Å². The lowest BCUT2D eigenvalue weighted by atomic mass is 10.2. The second-order valence-corrected chi connectivity index (χ2v) is 4.67. The molecule has 0 aliphatic heterocycles. The van der Waals surface area contributed by atoms with Gasteiger partial charge in [-0.25, -0.2) is 0 Å². The third kappa shape index (κ3) is 4.79. The van der Waals surface area contributed by atoms with Gasteiger partial charge < -0.3 is 14.8 Å². The summed E-state index contributed by atoms with van der Waals surface area (Å²) >= 11 is 3.26. The molecule has 0 amide bonds. The SMILES string of the molecule is C=C(Br)COc1ccc(CNC)cc1OCC. The van der Waals surface area contributed by atoms with E-state index in [0.717, 1.165) is 22.5 Å². The van der Waals surface area contributed by atoms with Crippen LogP contribution in [-0.2, 0) is 6.54 Å². The van der Waals surface area contributed by atoms with Crippen LogP contribution in [0.4, 0.5) is 0 Å². The summed E-state index contributed by atoms with van der Waals surface area (Å²) in [7, 11) is 1.92. The van der Waals surface area contributed by atoms with Crippen LogP contribution in [0.5, 0.6) is 11.5 Å². The predicted octanol–water partition coefficient (Wildman–Crippen LogP) is 3.09. The van der Waals surface area contributed by atoms with Crippen molar-refractivity contribution in [3.63, 3.8) is 0 Å². The number of nitrogens with one attached hydrogen (secondary N) is 1. The fourth-order valence-corrected chi connectivity index (χ4v) is 1.52. The summed E-state index contributed by atoms with van der Waals surface area (Å²) in [5.41, 5.74) is 1.17. The number of hydrogen-bond acceptors (Lipinski definition) is 3. The molecular formula is C13H18BrNO2. The number of ether oxygens (including phenoxy) is 2. The second kappa shape index (κ2) is 7.35. The maximum absolute atomic E-state index is 5.59. The molecule has 94 valence electrons. The van der Waals surface area contributed by atoms with Crippen molar-refractivity contribution in [2.45, 2.75) is 13.5 Å². The Labute approximate surface area is 111 Å². The van der Waals surface area contributed by atoms with E-state index >= 15 is 0 Å². The summed E-state index contributed by atoms with van der Waals surface area (Å²) in [6, 6.07) is 5.94. The molecule has 4 heteroatoms. The molecule has 0 spiro atoms. The molecule has 0 heterocycles. The zero-order valence-corrected chi connectivity index (χ0v) is 11.8. The highest BCUT2D eigenvalue weighted by molar-refractivity contribution is 9.11. The minimum Gasteiger partial charge on any atom is -0.490 e. The first-order valence-corrected chi connectivity index (χ1v) is 6.33. The highest BCUT2D eigenvalue weighted by Crippen LogP contribution is 2.29. The van der Waals surface area contributed by atoms with Crippen molar-refractivity contribution in [3.05, 3.63) is 34.8 Å². The maximum Gasteiger partial charge on any atom is 0.161 e. The molecule has 1 rings (SSSR count). The zero-order chi connectivity index (χ0) is 12.7. The molecule has 0 aliphatic rings. The van der Waals surface area contributed by atoms with Gasteiger partial charge in [-0.1, -0.05) is 28.6 Å². The van der Waals surface area contributed by atoms with Crippen molar-refractivity contribution in [1.82, 2.24) is 5.32 Å². The molecule has 17 heavy (non-hydrogen) atoms. The van der Waals surface area contributed by atoms with E-state index in [1.807, 2.05) is 32.2 Å². The molecule has 0 fully saturated rings. The van der Waals surface area contributed by atoms with Crippen LogP contribution >= 0.6 is 15.9 Å². The quantitative estimate of drug-likeness (QED) is 0.839. The van der Waals surface area contributed by atoms with Gasteiger partial charge in [-0.3, -0.25) is 0 Å². The van der Waals surface area contributed by atoms with Crippen LogP contribution in [-0.4, -0.2) is 20.3 Å². The first-order valence-electron chi connectivity index (χ1n) is 5.53. The first-order chi connectivity index (χ1) is 8.17. The van der Waals surface area contributed by atoms with E-state index in [1.165, 1.54) is 5.56 Å². The van der Waals surface area contributed by atoms with Crippen molar-refractivity contribution >= 4 is 15.9 Å². The molecule has 1 aromatic rings. The minimum absolute atomic E-state index is 0.436. The Morgan fingerprint density at radius 3 is 2.71 bits per heavy atom. The van der Waals surface area contributed by atoms with Gasteiger partial charge in [-0.05, 0) is 31.7 Å². The molecule has 0 unspecified atom stereocenters. The van der Waals surface area contributed by atoms with Crippen molar-refractivity contribution in [1.29, 1.82) is 0 Å². The number of hydrogen-bond donors (Lipinski definition) is 1. The largest absolute Gasteiger partial charge is 0.490 e. The van der Waals surface area contributed by atoms with Gasteiger partial charge in [-0.2, -0.15) is 0 Å². The maximum atomic E-state index is 5.59. The minimum atomic E-state index is 0.436. The van der Waals surface area contributed by atoms with Crippen molar-refractivity contribution < 1.29 is 9.47 Å². The summed E-state index contributed by atoms with van der Waals surface area (Å²) < 4.78 is 12.0. The van der Waals surface area contributed by atoms with Gasteiger partial charge >= 0.3 is 0 Å². The molecule has 0 saturated heterocycles. The van der Waals surface area contributed by atoms with Gasteiger partial charge in [-0.15, -0.1) is 0 Å². The van der Waals surface area contributed by atoms with E-state index < -0.39 is 0 Å². The van der Waals surface area contributed by atoms with Crippen LogP contribution in [0.3, 0.4) is 0 Å². The fourth-order valence-electron chi connectivity index (χ4n) is 1.41. The number of benzene rings is 1. The second-order valence-electron chi connectivity index (χ2n) is 3.55. The van der Waals surface area contributed by atoms with Gasteiger partial charge in [0.25, 0.3) is 0 Å². The predicted molar refractivity (Wildman–Crippen MR) is 73.9 cm³/mol. The summed E-state index contributed by atoms with van der Waals surface area (Å²) in [5, 5.41) is 3.11. The van der Waals surface area contributed by atoms with Crippen LogP contribution in [0.2, 0.25) is 0 Å². The third-order valence-corrected chi connectivity index (χ3v) is 2.30. The Balaban J connectivity index is 2.83. The highest BCUT2D eigenvalue weighted by atomic mass is 79.9. The zero-order valence-electron chi connectivity index (χ0n) is 10.3. The summed E-state index contributed by atoms with van der Waals surface area (Å²) in [5.74, 6) is 1.52. The Morgan fingerprint density at radius 1 is 1.35 bits per heavy atom. The molecule has 1 aromatic carbocycles. The summed E-state index contributed by atoms with van der Waals surface area (Å²) in [6.07, 6.45) is 0. The van der Waals surface area contributed by atoms with E-state index in [4.69, 9.17) is 9.47 Å². The van der Waals surface area contributed by atoms with Crippen molar-refractivity contribution in [3.8, 4) is 11.5 Å². The molecule has 0 radical (unpaired) electrons. The Morgan fingerprint density at radius 2 is 2.12 bits per heavy atom. The van der Waals surface area contributed by atoms with Crippen LogP contribution in [0.1, 0.15) is 12.5 Å². The van der Waals surface area contributed by atoms with Gasteiger partial charge in [0.15, 0.2) is 11.5 Å². The average molecular weight is 300 g/mol. The lowest BCUT2D eigenvalue weighted by Crippen LogP contribution is -2.06. The molecule has 0 atom stereocenters. The van der Waals surface area contributed by atoms with Gasteiger partial charge in [0, 0.05) is 11.0 Å². The van der Waals surface area contributed by atoms with Crippen LogP contribution in [0, 0.1) is 0 Å². The molecule has 0 saturated carbocycles. The van der Waals surface area contributed by atoms with E-state index in [-0.39, 0.29) is 0 Å². The van der Waals surface area contributed by atoms with Gasteiger partial charge in [0.2, 0.25) is 0 Å². The molecule has 0 aromatic heterocycles. The molecule has 0 aliphatic carbocycles. The molecule has 3 nitrogen and oxygen atoms in total.